The Labute approximate surface area is 112 Å². The Morgan fingerprint density at radius 3 is 2.59 bits per heavy atom. The highest BCUT2D eigenvalue weighted by Crippen LogP contribution is 2.37. The monoisotopic (exact) mass is 298 g/mol. The summed E-state index contributed by atoms with van der Waals surface area (Å²) in [5, 5.41) is 0. The van der Waals surface area contributed by atoms with Crippen LogP contribution in [0.4, 0.5) is 4.39 Å². The molecule has 1 saturated carbocycles. The standard InChI is InChI=1S/C15H20BrF/c1-2-11-5-8-15(16)13(9-11)10-12-3-6-14(17)7-4-12/h3-4,6-7,11,13,15H,2,5,8-10H2,1H3. The Balaban J connectivity index is 1.98. The Bertz CT molecular complexity index is 346. The van der Waals surface area contributed by atoms with Crippen LogP contribution in [-0.4, -0.2) is 4.83 Å². The fourth-order valence-electron chi connectivity index (χ4n) is 2.83. The predicted octanol–water partition coefficient (Wildman–Crippen LogP) is 4.96. The third-order valence-electron chi connectivity index (χ3n) is 3.99. The molecule has 0 bridgehead atoms. The van der Waals surface area contributed by atoms with Gasteiger partial charge in [0.1, 0.15) is 5.82 Å². The highest BCUT2D eigenvalue weighted by molar-refractivity contribution is 9.09. The van der Waals surface area contributed by atoms with E-state index < -0.39 is 0 Å². The van der Waals surface area contributed by atoms with Crippen LogP contribution in [-0.2, 0) is 6.42 Å². The molecule has 0 N–H and O–H groups in total. The fraction of sp³-hybridized carbons (Fsp3) is 0.600. The summed E-state index contributed by atoms with van der Waals surface area (Å²) in [6, 6.07) is 6.98. The first-order valence-electron chi connectivity index (χ1n) is 6.57. The molecule has 94 valence electrons. The van der Waals surface area contributed by atoms with Crippen LogP contribution in [0.5, 0.6) is 0 Å². The van der Waals surface area contributed by atoms with Crippen molar-refractivity contribution in [3.05, 3.63) is 35.6 Å². The smallest absolute Gasteiger partial charge is 0.123 e. The zero-order valence-corrected chi connectivity index (χ0v) is 11.9. The lowest BCUT2D eigenvalue weighted by Gasteiger charge is -2.33. The first-order chi connectivity index (χ1) is 8.19. The van der Waals surface area contributed by atoms with E-state index >= 15 is 0 Å². The summed E-state index contributed by atoms with van der Waals surface area (Å²) < 4.78 is 12.8. The Morgan fingerprint density at radius 2 is 1.94 bits per heavy atom. The molecule has 2 rings (SSSR count). The third kappa shape index (κ3) is 3.54. The highest BCUT2D eigenvalue weighted by atomic mass is 79.9. The maximum Gasteiger partial charge on any atom is 0.123 e. The summed E-state index contributed by atoms with van der Waals surface area (Å²) in [6.07, 6.45) is 6.31. The van der Waals surface area contributed by atoms with Gasteiger partial charge in [0.25, 0.3) is 0 Å². The van der Waals surface area contributed by atoms with Gasteiger partial charge in [-0.25, -0.2) is 4.39 Å². The van der Waals surface area contributed by atoms with Crippen LogP contribution >= 0.6 is 15.9 Å². The lowest BCUT2D eigenvalue weighted by atomic mass is 9.77. The van der Waals surface area contributed by atoms with Gasteiger partial charge in [-0.15, -0.1) is 0 Å². The summed E-state index contributed by atoms with van der Waals surface area (Å²) in [5.41, 5.74) is 1.26. The molecule has 1 aliphatic rings. The first-order valence-corrected chi connectivity index (χ1v) is 7.49. The maximum absolute atomic E-state index is 12.8. The Hall–Kier alpha value is -0.370. The van der Waals surface area contributed by atoms with Crippen molar-refractivity contribution >= 4 is 15.9 Å². The Kier molecular flexibility index (Phi) is 4.61. The van der Waals surface area contributed by atoms with Gasteiger partial charge in [0, 0.05) is 4.83 Å². The molecule has 0 amide bonds. The van der Waals surface area contributed by atoms with Crippen LogP contribution < -0.4 is 0 Å². The molecule has 0 saturated heterocycles. The molecule has 0 aliphatic heterocycles. The molecule has 1 aliphatic carbocycles. The minimum atomic E-state index is -0.140. The largest absolute Gasteiger partial charge is 0.207 e. The van der Waals surface area contributed by atoms with E-state index in [1.54, 1.807) is 12.1 Å². The second-order valence-corrected chi connectivity index (χ2v) is 6.37. The van der Waals surface area contributed by atoms with Crippen LogP contribution in [0.1, 0.15) is 38.2 Å². The number of hydrogen-bond donors (Lipinski definition) is 0. The average Bonchev–Trinajstić information content (AvgIpc) is 2.35. The van der Waals surface area contributed by atoms with Crippen molar-refractivity contribution in [3.63, 3.8) is 0 Å². The zero-order valence-electron chi connectivity index (χ0n) is 10.3. The SMILES string of the molecule is CCC1CCC(Br)C(Cc2ccc(F)cc2)C1. The molecule has 0 aromatic heterocycles. The van der Waals surface area contributed by atoms with Gasteiger partial charge in [0.05, 0.1) is 0 Å². The minimum Gasteiger partial charge on any atom is -0.207 e. The van der Waals surface area contributed by atoms with E-state index in [9.17, 15) is 4.39 Å². The topological polar surface area (TPSA) is 0 Å². The molecule has 0 heterocycles. The quantitative estimate of drug-likeness (QED) is 0.692. The molecule has 1 fully saturated rings. The van der Waals surface area contributed by atoms with Crippen LogP contribution in [0.15, 0.2) is 24.3 Å². The molecule has 3 atom stereocenters. The van der Waals surface area contributed by atoms with E-state index in [1.165, 1.54) is 31.2 Å². The molecular weight excluding hydrogens is 279 g/mol. The molecule has 1 aromatic rings. The average molecular weight is 299 g/mol. The van der Waals surface area contributed by atoms with Crippen molar-refractivity contribution in [2.24, 2.45) is 11.8 Å². The molecule has 0 spiro atoms. The van der Waals surface area contributed by atoms with Gasteiger partial charge in [-0.2, -0.15) is 0 Å². The van der Waals surface area contributed by atoms with E-state index in [2.05, 4.69) is 22.9 Å². The number of rotatable bonds is 3. The zero-order chi connectivity index (χ0) is 12.3. The number of hydrogen-bond acceptors (Lipinski definition) is 0. The van der Waals surface area contributed by atoms with Gasteiger partial charge in [0.2, 0.25) is 0 Å². The number of benzene rings is 1. The fourth-order valence-corrected chi connectivity index (χ4v) is 3.50. The van der Waals surface area contributed by atoms with E-state index in [1.807, 2.05) is 12.1 Å². The van der Waals surface area contributed by atoms with E-state index in [4.69, 9.17) is 0 Å². The molecule has 2 heteroatoms. The van der Waals surface area contributed by atoms with Gasteiger partial charge in [0.15, 0.2) is 0 Å². The summed E-state index contributed by atoms with van der Waals surface area (Å²) in [6.45, 7) is 2.29. The molecule has 0 radical (unpaired) electrons. The van der Waals surface area contributed by atoms with E-state index in [0.717, 1.165) is 12.3 Å². The molecule has 17 heavy (non-hydrogen) atoms. The van der Waals surface area contributed by atoms with Crippen molar-refractivity contribution < 1.29 is 4.39 Å². The van der Waals surface area contributed by atoms with Crippen molar-refractivity contribution in [1.29, 1.82) is 0 Å². The van der Waals surface area contributed by atoms with Crippen molar-refractivity contribution in [2.45, 2.75) is 43.9 Å². The highest BCUT2D eigenvalue weighted by Gasteiger charge is 2.27. The van der Waals surface area contributed by atoms with Gasteiger partial charge >= 0.3 is 0 Å². The van der Waals surface area contributed by atoms with Gasteiger partial charge < -0.3 is 0 Å². The van der Waals surface area contributed by atoms with Crippen molar-refractivity contribution in [2.75, 3.05) is 0 Å². The van der Waals surface area contributed by atoms with Crippen molar-refractivity contribution in [1.82, 2.24) is 0 Å². The summed E-state index contributed by atoms with van der Waals surface area (Å²) in [4.78, 5) is 0.635. The third-order valence-corrected chi connectivity index (χ3v) is 5.19. The lowest BCUT2D eigenvalue weighted by Crippen LogP contribution is -2.26. The second-order valence-electron chi connectivity index (χ2n) is 5.19. The van der Waals surface area contributed by atoms with Crippen LogP contribution in [0, 0.1) is 17.7 Å². The van der Waals surface area contributed by atoms with Crippen molar-refractivity contribution in [3.8, 4) is 0 Å². The summed E-state index contributed by atoms with van der Waals surface area (Å²) in [7, 11) is 0. The number of alkyl halides is 1. The normalized spacial score (nSPS) is 29.2. The van der Waals surface area contributed by atoms with Gasteiger partial charge in [-0.1, -0.05) is 41.4 Å². The van der Waals surface area contributed by atoms with E-state index in [0.29, 0.717) is 10.7 Å². The van der Waals surface area contributed by atoms with Crippen LogP contribution in [0.25, 0.3) is 0 Å². The lowest BCUT2D eigenvalue weighted by molar-refractivity contribution is 0.271. The molecular formula is C15H20BrF. The molecule has 1 aromatic carbocycles. The molecule has 3 unspecified atom stereocenters. The summed E-state index contributed by atoms with van der Waals surface area (Å²) >= 11 is 3.81. The molecule has 0 nitrogen and oxygen atoms in total. The maximum atomic E-state index is 12.8. The van der Waals surface area contributed by atoms with Crippen LogP contribution in [0.3, 0.4) is 0 Å². The Morgan fingerprint density at radius 1 is 1.24 bits per heavy atom. The predicted molar refractivity (Wildman–Crippen MR) is 73.9 cm³/mol. The van der Waals surface area contributed by atoms with Gasteiger partial charge in [-0.05, 0) is 55.2 Å². The van der Waals surface area contributed by atoms with Gasteiger partial charge in [-0.3, -0.25) is 0 Å². The number of halogens is 2. The van der Waals surface area contributed by atoms with E-state index in [-0.39, 0.29) is 5.82 Å². The second kappa shape index (κ2) is 5.99. The van der Waals surface area contributed by atoms with Crippen LogP contribution in [0.2, 0.25) is 0 Å². The first kappa shape index (κ1) is 13.1. The minimum absolute atomic E-state index is 0.140. The summed E-state index contributed by atoms with van der Waals surface area (Å²) in [5.74, 6) is 1.45.